The van der Waals surface area contributed by atoms with E-state index in [-0.39, 0.29) is 17.7 Å². The molecule has 2 saturated heterocycles. The first-order chi connectivity index (χ1) is 9.02. The van der Waals surface area contributed by atoms with Gasteiger partial charge in [0.2, 0.25) is 5.91 Å². The van der Waals surface area contributed by atoms with Crippen LogP contribution in [-0.2, 0) is 9.59 Å². The Balaban J connectivity index is 1.61. The third-order valence-electron chi connectivity index (χ3n) is 4.66. The number of imide groups is 1. The molecule has 0 aromatic rings. The highest BCUT2D eigenvalue weighted by molar-refractivity contribution is 6.07. The molecule has 104 valence electrons. The van der Waals surface area contributed by atoms with Crippen molar-refractivity contribution in [2.75, 3.05) is 13.1 Å². The van der Waals surface area contributed by atoms with Crippen molar-refractivity contribution < 1.29 is 14.4 Å². The van der Waals surface area contributed by atoms with Gasteiger partial charge in [-0.3, -0.25) is 14.9 Å². The molecule has 19 heavy (non-hydrogen) atoms. The maximum absolute atomic E-state index is 12.3. The van der Waals surface area contributed by atoms with Gasteiger partial charge in [0.15, 0.2) is 0 Å². The molecule has 2 heterocycles. The Bertz CT molecular complexity index is 436. The Hall–Kier alpha value is -1.59. The van der Waals surface area contributed by atoms with E-state index in [1.54, 1.807) is 0 Å². The molecule has 0 radical (unpaired) electrons. The Morgan fingerprint density at radius 3 is 2.42 bits per heavy atom. The van der Waals surface area contributed by atoms with Crippen LogP contribution in [-0.4, -0.2) is 41.4 Å². The zero-order valence-electron chi connectivity index (χ0n) is 11.1. The molecule has 0 aromatic heterocycles. The van der Waals surface area contributed by atoms with E-state index in [4.69, 9.17) is 0 Å². The lowest BCUT2D eigenvalue weighted by molar-refractivity contribution is -0.139. The highest BCUT2D eigenvalue weighted by Crippen LogP contribution is 2.38. The number of carbonyl (C=O) groups excluding carboxylic acids is 3. The number of hydrogen-bond donors (Lipinski definition) is 2. The second kappa shape index (κ2) is 4.21. The fourth-order valence-electron chi connectivity index (χ4n) is 3.07. The quantitative estimate of drug-likeness (QED) is 0.702. The first-order valence-electron chi connectivity index (χ1n) is 6.94. The predicted octanol–water partition coefficient (Wildman–Crippen LogP) is 0.233. The maximum Gasteiger partial charge on any atom is 0.322 e. The fourth-order valence-corrected chi connectivity index (χ4v) is 3.07. The maximum atomic E-state index is 12.3. The van der Waals surface area contributed by atoms with Gasteiger partial charge >= 0.3 is 6.03 Å². The molecule has 1 aliphatic carbocycles. The smallest absolute Gasteiger partial charge is 0.322 e. The minimum Gasteiger partial charge on any atom is -0.342 e. The molecule has 3 rings (SSSR count). The Morgan fingerprint density at radius 2 is 1.95 bits per heavy atom. The highest BCUT2D eigenvalue weighted by atomic mass is 16.2. The van der Waals surface area contributed by atoms with E-state index in [1.807, 2.05) is 11.8 Å². The Labute approximate surface area is 111 Å². The standard InChI is InChI=1S/C13H19N3O3/c1-8(9-2-3-9)10(17)16-6-4-13(5-7-16)11(18)14-12(19)15-13/h8-9H,2-7H2,1H3,(H2,14,15,18,19). The van der Waals surface area contributed by atoms with Crippen molar-refractivity contribution in [1.29, 1.82) is 0 Å². The molecule has 6 nitrogen and oxygen atoms in total. The number of hydrogen-bond acceptors (Lipinski definition) is 3. The first-order valence-corrected chi connectivity index (χ1v) is 6.94. The number of nitrogens with zero attached hydrogens (tertiary/aromatic N) is 1. The molecule has 2 N–H and O–H groups in total. The van der Waals surface area contributed by atoms with Gasteiger partial charge in [0.25, 0.3) is 5.91 Å². The van der Waals surface area contributed by atoms with Crippen molar-refractivity contribution >= 4 is 17.8 Å². The van der Waals surface area contributed by atoms with Crippen molar-refractivity contribution in [1.82, 2.24) is 15.5 Å². The number of amides is 4. The molecule has 6 heteroatoms. The Kier molecular flexibility index (Phi) is 2.76. The van der Waals surface area contributed by atoms with Crippen LogP contribution in [0.3, 0.4) is 0 Å². The van der Waals surface area contributed by atoms with Gasteiger partial charge in [-0.2, -0.15) is 0 Å². The fraction of sp³-hybridized carbons (Fsp3) is 0.769. The minimum absolute atomic E-state index is 0.0982. The van der Waals surface area contributed by atoms with Crippen LogP contribution in [0.25, 0.3) is 0 Å². The van der Waals surface area contributed by atoms with Gasteiger partial charge in [-0.15, -0.1) is 0 Å². The molecular formula is C13H19N3O3. The largest absolute Gasteiger partial charge is 0.342 e. The van der Waals surface area contributed by atoms with E-state index < -0.39 is 11.6 Å². The molecule has 4 amide bonds. The van der Waals surface area contributed by atoms with Gasteiger partial charge < -0.3 is 10.2 Å². The summed E-state index contributed by atoms with van der Waals surface area (Å²) in [7, 11) is 0. The minimum atomic E-state index is -0.781. The van der Waals surface area contributed by atoms with E-state index in [9.17, 15) is 14.4 Å². The summed E-state index contributed by atoms with van der Waals surface area (Å²) in [5, 5.41) is 4.99. The summed E-state index contributed by atoms with van der Waals surface area (Å²) in [5.74, 6) is 0.598. The van der Waals surface area contributed by atoms with Crippen molar-refractivity contribution in [3.05, 3.63) is 0 Å². The summed E-state index contributed by atoms with van der Waals surface area (Å²) in [4.78, 5) is 37.1. The van der Waals surface area contributed by atoms with Crippen molar-refractivity contribution in [3.63, 3.8) is 0 Å². The average Bonchev–Trinajstić information content (AvgIpc) is 3.18. The van der Waals surface area contributed by atoms with E-state index >= 15 is 0 Å². The molecule has 0 aromatic carbocycles. The molecule has 1 atom stereocenters. The van der Waals surface area contributed by atoms with Crippen LogP contribution in [0.15, 0.2) is 0 Å². The van der Waals surface area contributed by atoms with Crippen LogP contribution in [0, 0.1) is 11.8 Å². The van der Waals surface area contributed by atoms with Crippen LogP contribution in [0.2, 0.25) is 0 Å². The second-order valence-corrected chi connectivity index (χ2v) is 5.94. The van der Waals surface area contributed by atoms with E-state index in [2.05, 4.69) is 10.6 Å². The topological polar surface area (TPSA) is 78.5 Å². The normalized spacial score (nSPS) is 27.1. The van der Waals surface area contributed by atoms with Crippen LogP contribution in [0.5, 0.6) is 0 Å². The van der Waals surface area contributed by atoms with Crippen molar-refractivity contribution in [2.45, 2.75) is 38.1 Å². The van der Waals surface area contributed by atoms with Crippen LogP contribution >= 0.6 is 0 Å². The van der Waals surface area contributed by atoms with Gasteiger partial charge in [0, 0.05) is 19.0 Å². The van der Waals surface area contributed by atoms with E-state index in [0.29, 0.717) is 31.8 Å². The first kappa shape index (κ1) is 12.4. The monoisotopic (exact) mass is 265 g/mol. The number of carbonyl (C=O) groups is 3. The lowest BCUT2D eigenvalue weighted by atomic mass is 9.87. The van der Waals surface area contributed by atoms with Gasteiger partial charge in [-0.1, -0.05) is 6.92 Å². The highest BCUT2D eigenvalue weighted by Gasteiger charge is 2.49. The summed E-state index contributed by atoms with van der Waals surface area (Å²) in [6.07, 6.45) is 3.33. The molecule has 2 aliphatic heterocycles. The van der Waals surface area contributed by atoms with Gasteiger partial charge in [0.05, 0.1) is 0 Å². The molecule has 0 bridgehead atoms. The van der Waals surface area contributed by atoms with E-state index in [0.717, 1.165) is 12.8 Å². The lowest BCUT2D eigenvalue weighted by Crippen LogP contribution is -2.56. The lowest BCUT2D eigenvalue weighted by Gasteiger charge is -2.38. The predicted molar refractivity (Wildman–Crippen MR) is 67.1 cm³/mol. The third kappa shape index (κ3) is 2.09. The average molecular weight is 265 g/mol. The molecule has 1 unspecified atom stereocenters. The van der Waals surface area contributed by atoms with Crippen LogP contribution in [0.1, 0.15) is 32.6 Å². The summed E-state index contributed by atoms with van der Waals surface area (Å²) in [6, 6.07) is -0.420. The summed E-state index contributed by atoms with van der Waals surface area (Å²) < 4.78 is 0. The summed E-state index contributed by atoms with van der Waals surface area (Å²) in [6.45, 7) is 3.08. The van der Waals surface area contributed by atoms with Crippen LogP contribution < -0.4 is 10.6 Å². The molecule has 1 spiro atoms. The number of rotatable bonds is 2. The number of urea groups is 1. The SMILES string of the molecule is CC(C(=O)N1CCC2(CC1)NC(=O)NC2=O)C1CC1. The zero-order valence-corrected chi connectivity index (χ0v) is 11.1. The molecule has 3 aliphatic rings. The number of piperidine rings is 1. The zero-order chi connectivity index (χ0) is 13.6. The van der Waals surface area contributed by atoms with Gasteiger partial charge in [-0.05, 0) is 31.6 Å². The third-order valence-corrected chi connectivity index (χ3v) is 4.66. The molecular weight excluding hydrogens is 246 g/mol. The van der Waals surface area contributed by atoms with E-state index in [1.165, 1.54) is 0 Å². The van der Waals surface area contributed by atoms with Gasteiger partial charge in [-0.25, -0.2) is 4.79 Å². The molecule has 3 fully saturated rings. The van der Waals surface area contributed by atoms with Crippen molar-refractivity contribution in [3.8, 4) is 0 Å². The van der Waals surface area contributed by atoms with Crippen LogP contribution in [0.4, 0.5) is 4.79 Å². The molecule has 1 saturated carbocycles. The number of nitrogens with one attached hydrogen (secondary N) is 2. The number of likely N-dealkylation sites (tertiary alicyclic amines) is 1. The van der Waals surface area contributed by atoms with Gasteiger partial charge in [0.1, 0.15) is 5.54 Å². The summed E-state index contributed by atoms with van der Waals surface area (Å²) in [5.41, 5.74) is -0.781. The Morgan fingerprint density at radius 1 is 1.32 bits per heavy atom. The summed E-state index contributed by atoms with van der Waals surface area (Å²) >= 11 is 0. The van der Waals surface area contributed by atoms with Crippen molar-refractivity contribution in [2.24, 2.45) is 11.8 Å². The second-order valence-electron chi connectivity index (χ2n) is 5.94.